The van der Waals surface area contributed by atoms with Crippen LogP contribution in [0.4, 0.5) is 5.69 Å². The predicted octanol–water partition coefficient (Wildman–Crippen LogP) is 3.27. The second-order valence-corrected chi connectivity index (χ2v) is 8.79. The van der Waals surface area contributed by atoms with Crippen LogP contribution in [0, 0.1) is 24.7 Å². The topological polar surface area (TPSA) is 99.9 Å². The fourth-order valence-electron chi connectivity index (χ4n) is 6.13. The van der Waals surface area contributed by atoms with E-state index in [1.165, 1.54) is 12.8 Å². The number of nitrogens with zero attached hydrogens (tertiary/aromatic N) is 3. The highest BCUT2D eigenvalue weighted by atomic mass is 16.5. The second-order valence-electron chi connectivity index (χ2n) is 8.79. The van der Waals surface area contributed by atoms with E-state index in [0.29, 0.717) is 35.5 Å². The fraction of sp³-hybridized carbons (Fsp3) is 0.550. The normalized spacial score (nSPS) is 34.4. The lowest BCUT2D eigenvalue weighted by molar-refractivity contribution is -0.129. The Morgan fingerprint density at radius 1 is 1.26 bits per heavy atom. The lowest BCUT2D eigenvalue weighted by atomic mass is 9.52. The van der Waals surface area contributed by atoms with Crippen molar-refractivity contribution in [3.63, 3.8) is 0 Å². The van der Waals surface area contributed by atoms with E-state index in [4.69, 9.17) is 4.52 Å². The van der Waals surface area contributed by atoms with Crippen LogP contribution in [0.3, 0.4) is 0 Å². The number of aromatic amines is 1. The van der Waals surface area contributed by atoms with Crippen LogP contribution in [0.25, 0.3) is 22.4 Å². The maximum atomic E-state index is 10.9. The van der Waals surface area contributed by atoms with Crippen molar-refractivity contribution in [2.75, 3.05) is 5.32 Å². The van der Waals surface area contributed by atoms with Gasteiger partial charge in [0, 0.05) is 30.7 Å². The van der Waals surface area contributed by atoms with Gasteiger partial charge in [-0.25, -0.2) is 4.98 Å². The van der Waals surface area contributed by atoms with Crippen molar-refractivity contribution in [3.8, 4) is 11.4 Å². The average molecular weight is 365 g/mol. The smallest absolute Gasteiger partial charge is 0.223 e. The molecule has 7 heteroatoms. The van der Waals surface area contributed by atoms with Gasteiger partial charge in [-0.3, -0.25) is 0 Å². The zero-order valence-corrected chi connectivity index (χ0v) is 15.3. The standard InChI is InChI=1S/C20H23N5O2/c1-10-23-19(25-27-10)15-9-22-18-14(2-3-21-18)17(15)24-16-12-4-11-5-13(16)8-20(26,6-11)7-12/h2-3,9,11-13,16,26H,4-8H2,1H3,(H2,21,22,24)/t11?,12?,13?,16-,20+. The maximum absolute atomic E-state index is 10.9. The van der Waals surface area contributed by atoms with Crippen LogP contribution in [0.1, 0.15) is 38.0 Å². The Morgan fingerprint density at radius 2 is 2.07 bits per heavy atom. The summed E-state index contributed by atoms with van der Waals surface area (Å²) < 4.78 is 5.21. The molecule has 3 heterocycles. The summed E-state index contributed by atoms with van der Waals surface area (Å²) in [6.45, 7) is 1.80. The fourth-order valence-corrected chi connectivity index (χ4v) is 6.13. The number of hydrogen-bond donors (Lipinski definition) is 3. The van der Waals surface area contributed by atoms with E-state index >= 15 is 0 Å². The summed E-state index contributed by atoms with van der Waals surface area (Å²) in [5, 5.41) is 19.9. The number of fused-ring (bicyclic) bond motifs is 1. The van der Waals surface area contributed by atoms with Gasteiger partial charge in [-0.1, -0.05) is 5.16 Å². The van der Waals surface area contributed by atoms with Gasteiger partial charge in [-0.05, 0) is 55.9 Å². The molecule has 3 aromatic heterocycles. The highest BCUT2D eigenvalue weighted by molar-refractivity contribution is 5.97. The third-order valence-corrected chi connectivity index (χ3v) is 6.91. The first-order chi connectivity index (χ1) is 13.1. The van der Waals surface area contributed by atoms with Gasteiger partial charge >= 0.3 is 0 Å². The van der Waals surface area contributed by atoms with Gasteiger partial charge in [0.15, 0.2) is 0 Å². The molecule has 7 nitrogen and oxygen atoms in total. The van der Waals surface area contributed by atoms with Gasteiger partial charge in [-0.2, -0.15) is 4.98 Å². The van der Waals surface area contributed by atoms with Gasteiger partial charge in [-0.15, -0.1) is 0 Å². The molecule has 2 unspecified atom stereocenters. The number of hydrogen-bond acceptors (Lipinski definition) is 6. The molecule has 0 saturated heterocycles. The van der Waals surface area contributed by atoms with Crippen molar-refractivity contribution in [1.82, 2.24) is 20.1 Å². The number of aromatic nitrogens is 4. The molecule has 27 heavy (non-hydrogen) atoms. The highest BCUT2D eigenvalue weighted by Crippen LogP contribution is 2.56. The Labute approximate surface area is 156 Å². The summed E-state index contributed by atoms with van der Waals surface area (Å²) in [7, 11) is 0. The molecule has 4 bridgehead atoms. The largest absolute Gasteiger partial charge is 0.390 e. The van der Waals surface area contributed by atoms with Gasteiger partial charge in [0.25, 0.3) is 0 Å². The van der Waals surface area contributed by atoms with Crippen LogP contribution >= 0.6 is 0 Å². The maximum Gasteiger partial charge on any atom is 0.223 e. The molecule has 0 aromatic carbocycles. The molecule has 4 aliphatic rings. The zero-order chi connectivity index (χ0) is 18.2. The summed E-state index contributed by atoms with van der Waals surface area (Å²) in [4.78, 5) is 12.1. The van der Waals surface area contributed by atoms with E-state index in [1.54, 1.807) is 6.92 Å². The number of anilines is 1. The molecule has 4 fully saturated rings. The Bertz CT molecular complexity index is 1010. The van der Waals surface area contributed by atoms with Crippen LogP contribution in [-0.4, -0.2) is 36.9 Å². The van der Waals surface area contributed by atoms with Crippen molar-refractivity contribution < 1.29 is 9.63 Å². The molecule has 4 aliphatic carbocycles. The third kappa shape index (κ3) is 2.34. The van der Waals surface area contributed by atoms with Crippen molar-refractivity contribution in [1.29, 1.82) is 0 Å². The Morgan fingerprint density at radius 3 is 2.78 bits per heavy atom. The number of rotatable bonds is 3. The van der Waals surface area contributed by atoms with Gasteiger partial charge in [0.2, 0.25) is 11.7 Å². The number of aliphatic hydroxyl groups is 1. The van der Waals surface area contributed by atoms with E-state index in [-0.39, 0.29) is 0 Å². The van der Waals surface area contributed by atoms with Crippen molar-refractivity contribution in [3.05, 3.63) is 24.4 Å². The van der Waals surface area contributed by atoms with E-state index in [0.717, 1.165) is 41.5 Å². The number of nitrogens with one attached hydrogen (secondary N) is 2. The summed E-state index contributed by atoms with van der Waals surface area (Å²) in [6, 6.07) is 2.42. The summed E-state index contributed by atoms with van der Waals surface area (Å²) >= 11 is 0. The first-order valence-electron chi connectivity index (χ1n) is 9.84. The zero-order valence-electron chi connectivity index (χ0n) is 15.3. The van der Waals surface area contributed by atoms with Gasteiger partial charge in [0.1, 0.15) is 5.65 Å². The quantitative estimate of drug-likeness (QED) is 0.659. The molecular weight excluding hydrogens is 342 g/mol. The molecule has 4 saturated carbocycles. The van der Waals surface area contributed by atoms with Crippen molar-refractivity contribution in [2.45, 2.75) is 50.7 Å². The molecule has 0 aliphatic heterocycles. The SMILES string of the molecule is Cc1nc(-c2cnc3[nH]ccc3c2N[C@H]2C3CC4CC2C[C@@](O)(C4)C3)no1. The molecule has 0 radical (unpaired) electrons. The van der Waals surface area contributed by atoms with E-state index < -0.39 is 5.60 Å². The predicted molar refractivity (Wildman–Crippen MR) is 100 cm³/mol. The monoisotopic (exact) mass is 365 g/mol. The first kappa shape index (κ1) is 15.6. The van der Waals surface area contributed by atoms with Crippen LogP contribution < -0.4 is 5.32 Å². The summed E-state index contributed by atoms with van der Waals surface area (Å²) in [6.07, 6.45) is 8.98. The lowest BCUT2D eigenvalue weighted by Crippen LogP contribution is -2.59. The minimum absolute atomic E-state index is 0.370. The molecule has 7 rings (SSSR count). The average Bonchev–Trinajstić information content (AvgIpc) is 3.25. The summed E-state index contributed by atoms with van der Waals surface area (Å²) in [5.74, 6) is 2.83. The van der Waals surface area contributed by atoms with Crippen LogP contribution in [-0.2, 0) is 0 Å². The van der Waals surface area contributed by atoms with E-state index in [2.05, 4.69) is 25.4 Å². The van der Waals surface area contributed by atoms with Gasteiger partial charge < -0.3 is 19.9 Å². The lowest BCUT2D eigenvalue weighted by Gasteiger charge is -2.58. The summed E-state index contributed by atoms with van der Waals surface area (Å²) in [5.41, 5.74) is 2.31. The first-order valence-corrected chi connectivity index (χ1v) is 9.84. The molecule has 0 spiro atoms. The van der Waals surface area contributed by atoms with Crippen molar-refractivity contribution in [2.24, 2.45) is 17.8 Å². The molecule has 2 atom stereocenters. The van der Waals surface area contributed by atoms with Crippen LogP contribution in [0.2, 0.25) is 0 Å². The third-order valence-electron chi connectivity index (χ3n) is 6.91. The molecule has 0 amide bonds. The molecule has 3 N–H and O–H groups in total. The minimum Gasteiger partial charge on any atom is -0.390 e. The number of pyridine rings is 1. The Balaban J connectivity index is 1.43. The van der Waals surface area contributed by atoms with Crippen molar-refractivity contribution >= 4 is 16.7 Å². The molecule has 3 aromatic rings. The minimum atomic E-state index is -0.427. The van der Waals surface area contributed by atoms with Gasteiger partial charge in [0.05, 0.1) is 16.9 Å². The molecule has 140 valence electrons. The Hall–Kier alpha value is -2.41. The Kier molecular flexibility index (Phi) is 3.08. The number of H-pyrrole nitrogens is 1. The molecular formula is C20H23N5O2. The highest BCUT2D eigenvalue weighted by Gasteiger charge is 2.54. The van der Waals surface area contributed by atoms with E-state index in [1.807, 2.05) is 18.5 Å². The van der Waals surface area contributed by atoms with E-state index in [9.17, 15) is 5.11 Å². The van der Waals surface area contributed by atoms with Crippen LogP contribution in [0.15, 0.2) is 23.0 Å². The second kappa shape index (κ2) is 5.32. The number of aryl methyl sites for hydroxylation is 1. The van der Waals surface area contributed by atoms with Crippen LogP contribution in [0.5, 0.6) is 0 Å².